The minimum Gasteiger partial charge on any atom is -0.497 e. The lowest BCUT2D eigenvalue weighted by molar-refractivity contribution is 0.103. The van der Waals surface area contributed by atoms with Crippen LogP contribution in [0.1, 0.15) is 21.5 Å². The summed E-state index contributed by atoms with van der Waals surface area (Å²) in [6.45, 7) is 0.655. The summed E-state index contributed by atoms with van der Waals surface area (Å²) in [5.41, 5.74) is 2.39. The van der Waals surface area contributed by atoms with E-state index in [1.165, 1.54) is 0 Å². The van der Waals surface area contributed by atoms with Gasteiger partial charge in [0, 0.05) is 12.0 Å². The van der Waals surface area contributed by atoms with E-state index < -0.39 is 0 Å². The van der Waals surface area contributed by atoms with Gasteiger partial charge >= 0.3 is 0 Å². The second-order valence-corrected chi connectivity index (χ2v) is 4.45. The van der Waals surface area contributed by atoms with Crippen molar-refractivity contribution < 1.29 is 14.3 Å². The van der Waals surface area contributed by atoms with Crippen molar-refractivity contribution in [1.82, 2.24) is 0 Å². The summed E-state index contributed by atoms with van der Waals surface area (Å²) < 4.78 is 10.7. The largest absolute Gasteiger partial charge is 0.497 e. The molecule has 3 heteroatoms. The van der Waals surface area contributed by atoms with Crippen LogP contribution in [-0.4, -0.2) is 19.5 Å². The third-order valence-electron chi connectivity index (χ3n) is 3.31. The summed E-state index contributed by atoms with van der Waals surface area (Å²) in [5, 5.41) is 0. The van der Waals surface area contributed by atoms with Gasteiger partial charge < -0.3 is 9.47 Å². The van der Waals surface area contributed by atoms with Crippen LogP contribution in [0, 0.1) is 0 Å². The summed E-state index contributed by atoms with van der Waals surface area (Å²) in [7, 11) is 1.61. The number of carbonyl (C=O) groups is 1. The first kappa shape index (κ1) is 11.8. The van der Waals surface area contributed by atoms with Gasteiger partial charge in [-0.05, 0) is 35.9 Å². The highest BCUT2D eigenvalue weighted by molar-refractivity contribution is 6.11. The molecule has 0 fully saturated rings. The lowest BCUT2D eigenvalue weighted by Crippen LogP contribution is -2.03. The number of ether oxygens (including phenoxy) is 2. The minimum atomic E-state index is -0.0126. The monoisotopic (exact) mass is 254 g/mol. The average Bonchev–Trinajstić information content (AvgIpc) is 2.95. The number of carbonyl (C=O) groups excluding carboxylic acids is 1. The van der Waals surface area contributed by atoms with E-state index >= 15 is 0 Å². The fourth-order valence-electron chi connectivity index (χ4n) is 2.29. The zero-order valence-corrected chi connectivity index (χ0v) is 10.7. The molecular weight excluding hydrogens is 240 g/mol. The second-order valence-electron chi connectivity index (χ2n) is 4.45. The Morgan fingerprint density at radius 3 is 2.68 bits per heavy atom. The van der Waals surface area contributed by atoms with E-state index in [-0.39, 0.29) is 5.78 Å². The zero-order chi connectivity index (χ0) is 13.2. The SMILES string of the molecule is COc1ccc(C(=O)c2cccc3c2OCC3)cc1. The standard InChI is InChI=1S/C16H14O3/c1-18-13-7-5-11(6-8-13)15(17)14-4-2-3-12-9-10-19-16(12)14/h2-8H,9-10H2,1H3. The van der Waals surface area contributed by atoms with Crippen molar-refractivity contribution in [1.29, 1.82) is 0 Å². The first-order chi connectivity index (χ1) is 9.29. The third kappa shape index (κ3) is 2.08. The van der Waals surface area contributed by atoms with Gasteiger partial charge in [0.1, 0.15) is 11.5 Å². The summed E-state index contributed by atoms with van der Waals surface area (Å²) >= 11 is 0. The molecule has 3 nitrogen and oxygen atoms in total. The number of hydrogen-bond donors (Lipinski definition) is 0. The summed E-state index contributed by atoms with van der Waals surface area (Å²) in [4.78, 5) is 12.5. The lowest BCUT2D eigenvalue weighted by atomic mass is 10.00. The number of ketones is 1. The van der Waals surface area contributed by atoms with Crippen LogP contribution in [0.5, 0.6) is 11.5 Å². The van der Waals surface area contributed by atoms with E-state index in [0.717, 1.165) is 23.5 Å². The van der Waals surface area contributed by atoms with Crippen molar-refractivity contribution in [3.05, 3.63) is 59.2 Å². The molecule has 0 N–H and O–H groups in total. The van der Waals surface area contributed by atoms with Crippen LogP contribution in [-0.2, 0) is 6.42 Å². The summed E-state index contributed by atoms with van der Waals surface area (Å²) in [5.74, 6) is 1.47. The van der Waals surface area contributed by atoms with Gasteiger partial charge in [-0.1, -0.05) is 12.1 Å². The fraction of sp³-hybridized carbons (Fsp3) is 0.188. The Hall–Kier alpha value is -2.29. The maximum Gasteiger partial charge on any atom is 0.196 e. The molecule has 96 valence electrons. The van der Waals surface area contributed by atoms with Gasteiger partial charge in [0.25, 0.3) is 0 Å². The molecule has 2 aromatic carbocycles. The smallest absolute Gasteiger partial charge is 0.196 e. The van der Waals surface area contributed by atoms with E-state index in [4.69, 9.17) is 9.47 Å². The van der Waals surface area contributed by atoms with Gasteiger partial charge in [-0.2, -0.15) is 0 Å². The molecule has 0 atom stereocenters. The number of hydrogen-bond acceptors (Lipinski definition) is 3. The molecule has 2 aromatic rings. The Morgan fingerprint density at radius 1 is 1.16 bits per heavy atom. The first-order valence-corrected chi connectivity index (χ1v) is 6.23. The summed E-state index contributed by atoms with van der Waals surface area (Å²) in [6, 6.07) is 12.9. The van der Waals surface area contributed by atoms with Crippen molar-refractivity contribution in [3.63, 3.8) is 0 Å². The Morgan fingerprint density at radius 2 is 1.95 bits per heavy atom. The van der Waals surface area contributed by atoms with Gasteiger partial charge in [0.15, 0.2) is 5.78 Å². The quantitative estimate of drug-likeness (QED) is 0.790. The van der Waals surface area contributed by atoms with E-state index in [2.05, 4.69) is 0 Å². The maximum atomic E-state index is 12.5. The topological polar surface area (TPSA) is 35.5 Å². The number of para-hydroxylation sites is 1. The molecule has 0 saturated heterocycles. The molecule has 0 bridgehead atoms. The fourth-order valence-corrected chi connectivity index (χ4v) is 2.29. The first-order valence-electron chi connectivity index (χ1n) is 6.23. The van der Waals surface area contributed by atoms with Crippen molar-refractivity contribution in [2.75, 3.05) is 13.7 Å². The zero-order valence-electron chi connectivity index (χ0n) is 10.7. The van der Waals surface area contributed by atoms with E-state index in [1.54, 1.807) is 31.4 Å². The highest BCUT2D eigenvalue weighted by atomic mass is 16.5. The van der Waals surface area contributed by atoms with Crippen LogP contribution in [0.4, 0.5) is 0 Å². The molecular formula is C16H14O3. The van der Waals surface area contributed by atoms with Crippen molar-refractivity contribution in [3.8, 4) is 11.5 Å². The van der Waals surface area contributed by atoms with Crippen LogP contribution < -0.4 is 9.47 Å². The Balaban J connectivity index is 1.97. The predicted molar refractivity (Wildman–Crippen MR) is 72.1 cm³/mol. The highest BCUT2D eigenvalue weighted by Crippen LogP contribution is 2.31. The van der Waals surface area contributed by atoms with Crippen LogP contribution in [0.2, 0.25) is 0 Å². The number of methoxy groups -OCH3 is 1. The molecule has 0 aliphatic carbocycles. The van der Waals surface area contributed by atoms with Gasteiger partial charge in [0.2, 0.25) is 0 Å². The van der Waals surface area contributed by atoms with Gasteiger partial charge in [-0.3, -0.25) is 4.79 Å². The normalized spacial score (nSPS) is 12.7. The Labute approximate surface area is 111 Å². The number of benzene rings is 2. The van der Waals surface area contributed by atoms with Crippen LogP contribution >= 0.6 is 0 Å². The molecule has 0 radical (unpaired) electrons. The van der Waals surface area contributed by atoms with Gasteiger partial charge in [-0.25, -0.2) is 0 Å². The maximum absolute atomic E-state index is 12.5. The van der Waals surface area contributed by atoms with E-state index in [1.807, 2.05) is 18.2 Å². The van der Waals surface area contributed by atoms with Crippen molar-refractivity contribution in [2.24, 2.45) is 0 Å². The van der Waals surface area contributed by atoms with Crippen molar-refractivity contribution in [2.45, 2.75) is 6.42 Å². The molecule has 3 rings (SSSR count). The predicted octanol–water partition coefficient (Wildman–Crippen LogP) is 2.86. The molecule has 1 aliphatic rings. The van der Waals surface area contributed by atoms with Crippen LogP contribution in [0.3, 0.4) is 0 Å². The molecule has 0 unspecified atom stereocenters. The minimum absolute atomic E-state index is 0.0126. The van der Waals surface area contributed by atoms with Crippen LogP contribution in [0.25, 0.3) is 0 Å². The molecule has 0 spiro atoms. The number of rotatable bonds is 3. The number of fused-ring (bicyclic) bond motifs is 1. The Kier molecular flexibility index (Phi) is 2.95. The molecule has 0 aromatic heterocycles. The highest BCUT2D eigenvalue weighted by Gasteiger charge is 2.21. The lowest BCUT2D eigenvalue weighted by Gasteiger charge is -2.07. The second kappa shape index (κ2) is 4.76. The van der Waals surface area contributed by atoms with Gasteiger partial charge in [-0.15, -0.1) is 0 Å². The molecule has 0 saturated carbocycles. The summed E-state index contributed by atoms with van der Waals surface area (Å²) in [6.07, 6.45) is 0.874. The van der Waals surface area contributed by atoms with Gasteiger partial charge in [0.05, 0.1) is 19.3 Å². The van der Waals surface area contributed by atoms with E-state index in [0.29, 0.717) is 17.7 Å². The van der Waals surface area contributed by atoms with Crippen molar-refractivity contribution >= 4 is 5.78 Å². The van der Waals surface area contributed by atoms with E-state index in [9.17, 15) is 4.79 Å². The third-order valence-corrected chi connectivity index (χ3v) is 3.31. The molecule has 1 heterocycles. The molecule has 0 amide bonds. The molecule has 1 aliphatic heterocycles. The molecule has 19 heavy (non-hydrogen) atoms. The average molecular weight is 254 g/mol. The Bertz CT molecular complexity index is 614. The van der Waals surface area contributed by atoms with Crippen LogP contribution in [0.15, 0.2) is 42.5 Å².